The van der Waals surface area contributed by atoms with Gasteiger partial charge in [-0.3, -0.25) is 0 Å². The highest BCUT2D eigenvalue weighted by Crippen LogP contribution is 2.30. The zero-order valence-corrected chi connectivity index (χ0v) is 8.41. The van der Waals surface area contributed by atoms with Crippen LogP contribution in [0.3, 0.4) is 0 Å². The van der Waals surface area contributed by atoms with Crippen molar-refractivity contribution in [1.82, 2.24) is 15.1 Å². The zero-order chi connectivity index (χ0) is 9.54. The fraction of sp³-hybridized carbons (Fsp3) is 0.900. The van der Waals surface area contributed by atoms with Gasteiger partial charge < -0.3 is 15.1 Å². The molecule has 2 amide bonds. The highest BCUT2D eigenvalue weighted by atomic mass is 16.2. The minimum absolute atomic E-state index is 0.293. The van der Waals surface area contributed by atoms with Gasteiger partial charge in [-0.25, -0.2) is 4.79 Å². The maximum atomic E-state index is 12.0. The highest BCUT2D eigenvalue weighted by molar-refractivity contribution is 5.77. The third kappa shape index (κ3) is 1.29. The maximum absolute atomic E-state index is 12.0. The first-order chi connectivity index (χ1) is 6.86. The van der Waals surface area contributed by atoms with Gasteiger partial charge in [-0.15, -0.1) is 0 Å². The van der Waals surface area contributed by atoms with E-state index in [-0.39, 0.29) is 0 Å². The SMILES string of the molecule is O=C1N(C2CC2)CCN1C1CCNC1. The Bertz CT molecular complexity index is 246. The average molecular weight is 195 g/mol. The molecule has 4 heteroatoms. The van der Waals surface area contributed by atoms with Crippen LogP contribution in [0.5, 0.6) is 0 Å². The van der Waals surface area contributed by atoms with Gasteiger partial charge in [-0.1, -0.05) is 0 Å². The molecular weight excluding hydrogens is 178 g/mol. The quantitative estimate of drug-likeness (QED) is 0.685. The lowest BCUT2D eigenvalue weighted by Crippen LogP contribution is -2.40. The molecular formula is C10H17N3O. The van der Waals surface area contributed by atoms with Crippen LogP contribution < -0.4 is 5.32 Å². The second-order valence-corrected chi connectivity index (χ2v) is 4.55. The topological polar surface area (TPSA) is 35.6 Å². The van der Waals surface area contributed by atoms with Gasteiger partial charge in [0.1, 0.15) is 0 Å². The molecule has 2 aliphatic heterocycles. The number of nitrogens with one attached hydrogen (secondary N) is 1. The first kappa shape index (κ1) is 8.53. The Hall–Kier alpha value is -0.770. The minimum Gasteiger partial charge on any atom is -0.320 e. The predicted molar refractivity (Wildman–Crippen MR) is 53.1 cm³/mol. The van der Waals surface area contributed by atoms with Gasteiger partial charge in [0, 0.05) is 31.7 Å². The lowest BCUT2D eigenvalue weighted by Gasteiger charge is -2.23. The van der Waals surface area contributed by atoms with Crippen LogP contribution >= 0.6 is 0 Å². The Balaban J connectivity index is 1.67. The molecule has 3 aliphatic rings. The van der Waals surface area contributed by atoms with E-state index in [0.717, 1.165) is 32.6 Å². The van der Waals surface area contributed by atoms with Crippen LogP contribution in [-0.4, -0.2) is 54.1 Å². The summed E-state index contributed by atoms with van der Waals surface area (Å²) in [6, 6.07) is 1.34. The van der Waals surface area contributed by atoms with Gasteiger partial charge in [-0.2, -0.15) is 0 Å². The van der Waals surface area contributed by atoms with Gasteiger partial charge in [-0.05, 0) is 25.8 Å². The largest absolute Gasteiger partial charge is 0.320 e. The Morgan fingerprint density at radius 1 is 1.07 bits per heavy atom. The summed E-state index contributed by atoms with van der Waals surface area (Å²) in [6.45, 7) is 3.96. The first-order valence-corrected chi connectivity index (χ1v) is 5.64. The minimum atomic E-state index is 0.293. The molecule has 1 unspecified atom stereocenters. The number of carbonyl (C=O) groups is 1. The van der Waals surface area contributed by atoms with Crippen molar-refractivity contribution in [3.8, 4) is 0 Å². The molecule has 1 N–H and O–H groups in total. The summed E-state index contributed by atoms with van der Waals surface area (Å²) < 4.78 is 0. The van der Waals surface area contributed by atoms with E-state index in [0.29, 0.717) is 18.1 Å². The van der Waals surface area contributed by atoms with Gasteiger partial charge in [0.25, 0.3) is 0 Å². The van der Waals surface area contributed by atoms with Crippen molar-refractivity contribution < 1.29 is 4.79 Å². The monoisotopic (exact) mass is 195 g/mol. The van der Waals surface area contributed by atoms with Crippen LogP contribution in [0.15, 0.2) is 0 Å². The van der Waals surface area contributed by atoms with E-state index in [1.807, 2.05) is 0 Å². The molecule has 0 spiro atoms. The first-order valence-electron chi connectivity index (χ1n) is 5.64. The summed E-state index contributed by atoms with van der Waals surface area (Å²) in [5.74, 6) is 0. The lowest BCUT2D eigenvalue weighted by molar-refractivity contribution is 0.178. The molecule has 2 heterocycles. The number of urea groups is 1. The van der Waals surface area contributed by atoms with Crippen LogP contribution in [0, 0.1) is 0 Å². The normalized spacial score (nSPS) is 33.1. The van der Waals surface area contributed by atoms with Crippen molar-refractivity contribution in [1.29, 1.82) is 0 Å². The zero-order valence-electron chi connectivity index (χ0n) is 8.41. The number of hydrogen-bond acceptors (Lipinski definition) is 2. The van der Waals surface area contributed by atoms with Crippen LogP contribution in [0.1, 0.15) is 19.3 Å². The molecule has 1 aliphatic carbocycles. The average Bonchev–Trinajstić information content (AvgIpc) is 2.76. The van der Waals surface area contributed by atoms with Gasteiger partial charge in [0.05, 0.1) is 0 Å². The van der Waals surface area contributed by atoms with Gasteiger partial charge in [0.2, 0.25) is 0 Å². The van der Waals surface area contributed by atoms with Crippen LogP contribution in [0.25, 0.3) is 0 Å². The van der Waals surface area contributed by atoms with E-state index in [1.165, 1.54) is 12.8 Å². The number of rotatable bonds is 2. The van der Waals surface area contributed by atoms with Crippen LogP contribution in [0.2, 0.25) is 0 Å². The van der Waals surface area contributed by atoms with E-state index in [4.69, 9.17) is 0 Å². The molecule has 78 valence electrons. The summed E-state index contributed by atoms with van der Waals surface area (Å²) in [5.41, 5.74) is 0. The molecule has 1 atom stereocenters. The van der Waals surface area contributed by atoms with Crippen molar-refractivity contribution in [3.63, 3.8) is 0 Å². The molecule has 14 heavy (non-hydrogen) atoms. The molecule has 3 rings (SSSR count). The molecule has 3 fully saturated rings. The molecule has 0 radical (unpaired) electrons. The number of nitrogens with zero attached hydrogens (tertiary/aromatic N) is 2. The summed E-state index contributed by atoms with van der Waals surface area (Å²) in [7, 11) is 0. The lowest BCUT2D eigenvalue weighted by atomic mass is 10.2. The Labute approximate surface area is 84.2 Å². The summed E-state index contributed by atoms with van der Waals surface area (Å²) in [5, 5.41) is 3.32. The van der Waals surface area contributed by atoms with E-state index >= 15 is 0 Å². The maximum Gasteiger partial charge on any atom is 0.320 e. The van der Waals surface area contributed by atoms with Crippen molar-refractivity contribution in [2.24, 2.45) is 0 Å². The van der Waals surface area contributed by atoms with E-state index < -0.39 is 0 Å². The fourth-order valence-electron chi connectivity index (χ4n) is 2.54. The van der Waals surface area contributed by atoms with Gasteiger partial charge >= 0.3 is 6.03 Å². The highest BCUT2D eigenvalue weighted by Gasteiger charge is 2.41. The molecule has 0 bridgehead atoms. The Morgan fingerprint density at radius 2 is 1.79 bits per heavy atom. The van der Waals surface area contributed by atoms with Crippen molar-refractivity contribution in [3.05, 3.63) is 0 Å². The molecule has 4 nitrogen and oxygen atoms in total. The fourth-order valence-corrected chi connectivity index (χ4v) is 2.54. The van der Waals surface area contributed by atoms with Crippen molar-refractivity contribution >= 4 is 6.03 Å². The Morgan fingerprint density at radius 3 is 2.36 bits per heavy atom. The van der Waals surface area contributed by atoms with Crippen LogP contribution in [0.4, 0.5) is 4.79 Å². The second-order valence-electron chi connectivity index (χ2n) is 4.55. The molecule has 1 saturated carbocycles. The van der Waals surface area contributed by atoms with Crippen molar-refractivity contribution in [2.45, 2.75) is 31.3 Å². The van der Waals surface area contributed by atoms with Gasteiger partial charge in [0.15, 0.2) is 0 Å². The molecule has 0 aromatic carbocycles. The summed E-state index contributed by atoms with van der Waals surface area (Å²) >= 11 is 0. The van der Waals surface area contributed by atoms with Crippen molar-refractivity contribution in [2.75, 3.05) is 26.2 Å². The van der Waals surface area contributed by atoms with E-state index in [9.17, 15) is 4.79 Å². The molecule has 0 aromatic rings. The summed E-state index contributed by atoms with van der Waals surface area (Å²) in [4.78, 5) is 16.1. The number of hydrogen-bond donors (Lipinski definition) is 1. The van der Waals surface area contributed by atoms with Crippen LogP contribution in [-0.2, 0) is 0 Å². The van der Waals surface area contributed by atoms with E-state index in [1.54, 1.807) is 0 Å². The second kappa shape index (κ2) is 3.12. The van der Waals surface area contributed by atoms with E-state index in [2.05, 4.69) is 15.1 Å². The Kier molecular flexibility index (Phi) is 1.90. The smallest absolute Gasteiger partial charge is 0.320 e. The number of carbonyl (C=O) groups excluding carboxylic acids is 1. The molecule has 0 aromatic heterocycles. The predicted octanol–water partition coefficient (Wildman–Crippen LogP) is 0.248. The third-order valence-electron chi connectivity index (χ3n) is 3.54. The third-order valence-corrected chi connectivity index (χ3v) is 3.54. The standard InChI is InChI=1S/C10H17N3O/c14-10-12(8-1-2-8)5-6-13(10)9-3-4-11-7-9/h8-9,11H,1-7H2. The number of amides is 2. The molecule has 2 saturated heterocycles. The summed E-state index contributed by atoms with van der Waals surface area (Å²) in [6.07, 6.45) is 3.58.